The Bertz CT molecular complexity index is 472. The summed E-state index contributed by atoms with van der Waals surface area (Å²) >= 11 is 0. The predicted octanol–water partition coefficient (Wildman–Crippen LogP) is 4.78. The number of unbranched alkanes of at least 4 members (excludes halogenated alkanes) is 2. The zero-order valence-electron chi connectivity index (χ0n) is 13.5. The Kier molecular flexibility index (Phi) is 5.83. The van der Waals surface area contributed by atoms with Gasteiger partial charge in [0, 0.05) is 18.6 Å². The van der Waals surface area contributed by atoms with Gasteiger partial charge in [-0.15, -0.1) is 0 Å². The third-order valence-electron chi connectivity index (χ3n) is 3.81. The average Bonchev–Trinajstić information content (AvgIpc) is 2.51. The number of rotatable bonds is 8. The second kappa shape index (κ2) is 7.62. The van der Waals surface area contributed by atoms with Crippen LogP contribution in [0, 0.1) is 0 Å². The minimum Gasteiger partial charge on any atom is -0.350 e. The molecular weight excluding hydrogens is 262 g/mol. The Morgan fingerprint density at radius 1 is 1.05 bits per heavy atom. The maximum absolute atomic E-state index is 6.15. The highest BCUT2D eigenvalue weighted by atomic mass is 16.7. The smallest absolute Gasteiger partial charge is 0.184 e. The van der Waals surface area contributed by atoms with E-state index in [0.29, 0.717) is 13.2 Å². The Labute approximate surface area is 128 Å². The maximum atomic E-state index is 6.15. The summed E-state index contributed by atoms with van der Waals surface area (Å²) in [5, 5.41) is 1.97. The summed E-state index contributed by atoms with van der Waals surface area (Å²) in [6.45, 7) is 7.58. The van der Waals surface area contributed by atoms with Gasteiger partial charge in [0.05, 0.1) is 12.3 Å². The SMILES string of the molecule is CCCCCC1(OCC)C=Cc2ccccc2N1OCC. The standard InChI is InChI=1S/C18H27NO2/c1-4-7-10-14-18(20-5-2)15-13-16-11-8-9-12-17(16)19(18)21-6-3/h8-9,11-13,15H,4-7,10,14H2,1-3H3. The Morgan fingerprint density at radius 2 is 1.86 bits per heavy atom. The van der Waals surface area contributed by atoms with E-state index in [0.717, 1.165) is 18.5 Å². The van der Waals surface area contributed by atoms with Gasteiger partial charge in [-0.1, -0.05) is 44.0 Å². The predicted molar refractivity (Wildman–Crippen MR) is 88.1 cm³/mol. The number of hydrogen-bond acceptors (Lipinski definition) is 3. The van der Waals surface area contributed by atoms with Gasteiger partial charge in [0.2, 0.25) is 0 Å². The third kappa shape index (κ3) is 3.47. The van der Waals surface area contributed by atoms with E-state index in [4.69, 9.17) is 9.57 Å². The molecule has 0 aromatic heterocycles. The van der Waals surface area contributed by atoms with E-state index >= 15 is 0 Å². The molecule has 21 heavy (non-hydrogen) atoms. The Hall–Kier alpha value is -1.32. The summed E-state index contributed by atoms with van der Waals surface area (Å²) in [5.74, 6) is 0. The van der Waals surface area contributed by atoms with Crippen LogP contribution in [0.3, 0.4) is 0 Å². The van der Waals surface area contributed by atoms with E-state index in [1.807, 2.05) is 25.0 Å². The van der Waals surface area contributed by atoms with Crippen molar-refractivity contribution in [3.63, 3.8) is 0 Å². The van der Waals surface area contributed by atoms with Gasteiger partial charge in [-0.05, 0) is 32.4 Å². The highest BCUT2D eigenvalue weighted by Gasteiger charge is 2.39. The summed E-state index contributed by atoms with van der Waals surface area (Å²) in [6, 6.07) is 8.31. The van der Waals surface area contributed by atoms with Crippen molar-refractivity contribution < 1.29 is 9.57 Å². The lowest BCUT2D eigenvalue weighted by Gasteiger charge is -2.44. The van der Waals surface area contributed by atoms with Gasteiger partial charge >= 0.3 is 0 Å². The molecule has 0 saturated carbocycles. The fourth-order valence-electron chi connectivity index (χ4n) is 2.85. The van der Waals surface area contributed by atoms with Crippen LogP contribution in [0.5, 0.6) is 0 Å². The van der Waals surface area contributed by atoms with Crippen LogP contribution < -0.4 is 5.06 Å². The number of benzene rings is 1. The molecule has 1 aliphatic heterocycles. The second-order valence-electron chi connectivity index (χ2n) is 5.34. The molecule has 0 fully saturated rings. The number of hydroxylamine groups is 1. The van der Waals surface area contributed by atoms with Crippen LogP contribution in [-0.2, 0) is 9.57 Å². The molecule has 3 heteroatoms. The van der Waals surface area contributed by atoms with Gasteiger partial charge in [-0.25, -0.2) is 5.06 Å². The van der Waals surface area contributed by atoms with Crippen LogP contribution in [-0.4, -0.2) is 18.9 Å². The van der Waals surface area contributed by atoms with Gasteiger partial charge in [-0.3, -0.25) is 4.84 Å². The summed E-state index contributed by atoms with van der Waals surface area (Å²) in [7, 11) is 0. The van der Waals surface area contributed by atoms with Crippen LogP contribution in [0.1, 0.15) is 52.0 Å². The molecule has 1 aromatic carbocycles. The number of para-hydroxylation sites is 1. The fraction of sp³-hybridized carbons (Fsp3) is 0.556. The van der Waals surface area contributed by atoms with Crippen LogP contribution >= 0.6 is 0 Å². The number of ether oxygens (including phenoxy) is 1. The van der Waals surface area contributed by atoms with Crippen LogP contribution in [0.2, 0.25) is 0 Å². The normalized spacial score (nSPS) is 20.6. The molecule has 0 radical (unpaired) electrons. The summed E-state index contributed by atoms with van der Waals surface area (Å²) in [6.07, 6.45) is 8.81. The van der Waals surface area contributed by atoms with Crippen LogP contribution in [0.25, 0.3) is 6.08 Å². The molecule has 1 atom stereocenters. The highest BCUT2D eigenvalue weighted by Crippen LogP contribution is 2.38. The van der Waals surface area contributed by atoms with E-state index in [9.17, 15) is 0 Å². The van der Waals surface area contributed by atoms with Crippen molar-refractivity contribution in [1.82, 2.24) is 0 Å². The number of hydrogen-bond donors (Lipinski definition) is 0. The summed E-state index contributed by atoms with van der Waals surface area (Å²) in [4.78, 5) is 5.97. The first-order valence-electron chi connectivity index (χ1n) is 8.12. The van der Waals surface area contributed by atoms with Crippen molar-refractivity contribution >= 4 is 11.8 Å². The number of nitrogens with zero attached hydrogens (tertiary/aromatic N) is 1. The van der Waals surface area contributed by atoms with Gasteiger partial charge < -0.3 is 4.74 Å². The van der Waals surface area contributed by atoms with E-state index < -0.39 is 5.72 Å². The van der Waals surface area contributed by atoms with Crippen molar-refractivity contribution in [2.75, 3.05) is 18.3 Å². The van der Waals surface area contributed by atoms with E-state index in [2.05, 4.69) is 37.3 Å². The maximum Gasteiger partial charge on any atom is 0.184 e. The molecule has 3 nitrogen and oxygen atoms in total. The molecule has 0 saturated heterocycles. The lowest BCUT2D eigenvalue weighted by molar-refractivity contribution is -0.0872. The fourth-order valence-corrected chi connectivity index (χ4v) is 2.85. The van der Waals surface area contributed by atoms with Gasteiger partial charge in [0.15, 0.2) is 5.72 Å². The molecular formula is C18H27NO2. The molecule has 0 aliphatic carbocycles. The molecule has 0 N–H and O–H groups in total. The molecule has 1 aromatic rings. The van der Waals surface area contributed by atoms with E-state index in [-0.39, 0.29) is 0 Å². The van der Waals surface area contributed by atoms with Crippen LogP contribution in [0.15, 0.2) is 30.3 Å². The van der Waals surface area contributed by atoms with Crippen molar-refractivity contribution in [3.8, 4) is 0 Å². The zero-order chi connectivity index (χ0) is 15.1. The Balaban J connectivity index is 2.33. The first kappa shape index (κ1) is 16.1. The summed E-state index contributed by atoms with van der Waals surface area (Å²) in [5.41, 5.74) is 1.79. The molecule has 1 aliphatic rings. The van der Waals surface area contributed by atoms with Gasteiger partial charge in [-0.2, -0.15) is 0 Å². The second-order valence-corrected chi connectivity index (χ2v) is 5.34. The third-order valence-corrected chi connectivity index (χ3v) is 3.81. The minimum atomic E-state index is -0.478. The molecule has 116 valence electrons. The monoisotopic (exact) mass is 289 g/mol. The topological polar surface area (TPSA) is 21.7 Å². The van der Waals surface area contributed by atoms with Crippen LogP contribution in [0.4, 0.5) is 5.69 Å². The molecule has 0 bridgehead atoms. The first-order chi connectivity index (χ1) is 10.3. The lowest BCUT2D eigenvalue weighted by atomic mass is 9.97. The largest absolute Gasteiger partial charge is 0.350 e. The van der Waals surface area contributed by atoms with Crippen molar-refractivity contribution in [3.05, 3.63) is 35.9 Å². The van der Waals surface area contributed by atoms with E-state index in [1.54, 1.807) is 0 Å². The van der Waals surface area contributed by atoms with Crippen molar-refractivity contribution in [1.29, 1.82) is 0 Å². The molecule has 1 unspecified atom stereocenters. The highest BCUT2D eigenvalue weighted by molar-refractivity contribution is 5.72. The zero-order valence-corrected chi connectivity index (χ0v) is 13.5. The molecule has 2 rings (SSSR count). The summed E-state index contributed by atoms with van der Waals surface area (Å²) < 4.78 is 6.15. The minimum absolute atomic E-state index is 0.478. The Morgan fingerprint density at radius 3 is 2.57 bits per heavy atom. The lowest BCUT2D eigenvalue weighted by Crippen LogP contribution is -2.51. The average molecular weight is 289 g/mol. The van der Waals surface area contributed by atoms with Gasteiger partial charge in [0.25, 0.3) is 0 Å². The van der Waals surface area contributed by atoms with Crippen molar-refractivity contribution in [2.45, 2.75) is 52.2 Å². The number of anilines is 1. The molecule has 0 spiro atoms. The molecule has 1 heterocycles. The van der Waals surface area contributed by atoms with Gasteiger partial charge in [0.1, 0.15) is 0 Å². The number of fused-ring (bicyclic) bond motifs is 1. The van der Waals surface area contributed by atoms with E-state index in [1.165, 1.54) is 18.4 Å². The quantitative estimate of drug-likeness (QED) is 0.643. The van der Waals surface area contributed by atoms with Crippen molar-refractivity contribution in [2.24, 2.45) is 0 Å². The first-order valence-corrected chi connectivity index (χ1v) is 8.12. The molecule has 0 amide bonds.